The van der Waals surface area contributed by atoms with Crippen LogP contribution in [0.3, 0.4) is 0 Å². The Morgan fingerprint density at radius 1 is 1.44 bits per heavy atom. The number of rotatable bonds is 3. The van der Waals surface area contributed by atoms with E-state index in [1.165, 1.54) is 24.3 Å². The number of nitro groups is 1. The van der Waals surface area contributed by atoms with Gasteiger partial charge >= 0.3 is 6.09 Å². The van der Waals surface area contributed by atoms with E-state index in [2.05, 4.69) is 15.0 Å². The smallest absolute Gasteiger partial charge is 0.447 e. The largest absolute Gasteiger partial charge is 0.452 e. The van der Waals surface area contributed by atoms with Gasteiger partial charge in [0.05, 0.1) is 17.2 Å². The fraction of sp³-hybridized carbons (Fsp3) is 0.222. The van der Waals surface area contributed by atoms with Crippen molar-refractivity contribution < 1.29 is 14.5 Å². The molecule has 16 heavy (non-hydrogen) atoms. The van der Waals surface area contributed by atoms with Crippen LogP contribution in [0.25, 0.3) is 0 Å². The molecule has 0 heterocycles. The second-order valence-electron chi connectivity index (χ2n) is 2.67. The Morgan fingerprint density at radius 2 is 2.06 bits per heavy atom. The van der Waals surface area contributed by atoms with Crippen LogP contribution in [0, 0.1) is 10.1 Å². The minimum atomic E-state index is -0.791. The molecule has 7 nitrogen and oxygen atoms in total. The molecule has 0 aliphatic heterocycles. The summed E-state index contributed by atoms with van der Waals surface area (Å²) in [6, 6.07) is 5.33. The molecular weight excluding hydrogens is 214 g/mol. The van der Waals surface area contributed by atoms with E-state index in [-0.39, 0.29) is 12.3 Å². The molecule has 0 aliphatic carbocycles. The number of carbonyl (C=O) groups excluding carboxylic acids is 1. The summed E-state index contributed by atoms with van der Waals surface area (Å²) in [6.07, 6.45) is -0.791. The Kier molecular flexibility index (Phi) is 4.07. The van der Waals surface area contributed by atoms with E-state index in [0.717, 1.165) is 0 Å². The number of nitrogens with zero attached hydrogens (tertiary/aromatic N) is 3. The maximum atomic E-state index is 10.8. The zero-order valence-corrected chi connectivity index (χ0v) is 8.49. The highest BCUT2D eigenvalue weighted by Gasteiger charge is 2.03. The summed E-state index contributed by atoms with van der Waals surface area (Å²) < 4.78 is 4.52. The summed E-state index contributed by atoms with van der Waals surface area (Å²) >= 11 is 0. The topological polar surface area (TPSA) is 94.2 Å². The van der Waals surface area contributed by atoms with Crippen LogP contribution < -0.4 is 0 Å². The Morgan fingerprint density at radius 3 is 2.56 bits per heavy atom. The van der Waals surface area contributed by atoms with E-state index >= 15 is 0 Å². The number of benzene rings is 1. The van der Waals surface area contributed by atoms with Gasteiger partial charge in [-0.15, -0.1) is 5.11 Å². The first-order valence-corrected chi connectivity index (χ1v) is 4.46. The highest BCUT2D eigenvalue weighted by molar-refractivity contribution is 5.67. The van der Waals surface area contributed by atoms with Gasteiger partial charge in [0.1, 0.15) is 0 Å². The van der Waals surface area contributed by atoms with E-state index in [1.54, 1.807) is 6.92 Å². The predicted octanol–water partition coefficient (Wildman–Crippen LogP) is 2.84. The normalized spacial score (nSPS) is 10.3. The first-order valence-electron chi connectivity index (χ1n) is 4.46. The van der Waals surface area contributed by atoms with Gasteiger partial charge in [-0.05, 0) is 19.1 Å². The van der Waals surface area contributed by atoms with Gasteiger partial charge < -0.3 is 4.74 Å². The summed E-state index contributed by atoms with van der Waals surface area (Å²) in [7, 11) is 0. The van der Waals surface area contributed by atoms with Gasteiger partial charge in [0, 0.05) is 12.1 Å². The Bertz CT molecular complexity index is 413. The fourth-order valence-electron chi connectivity index (χ4n) is 0.892. The van der Waals surface area contributed by atoms with Crippen LogP contribution in [0.1, 0.15) is 6.92 Å². The number of azo groups is 1. The summed E-state index contributed by atoms with van der Waals surface area (Å²) in [5, 5.41) is 17.1. The maximum Gasteiger partial charge on any atom is 0.452 e. The van der Waals surface area contributed by atoms with Crippen molar-refractivity contribution in [1.29, 1.82) is 0 Å². The summed E-state index contributed by atoms with van der Waals surface area (Å²) in [4.78, 5) is 20.6. The van der Waals surface area contributed by atoms with Crippen molar-refractivity contribution in [2.24, 2.45) is 10.2 Å². The molecule has 0 fully saturated rings. The zero-order chi connectivity index (χ0) is 12.0. The summed E-state index contributed by atoms with van der Waals surface area (Å²) in [5.41, 5.74) is 0.300. The van der Waals surface area contributed by atoms with Gasteiger partial charge in [0.15, 0.2) is 0 Å². The third kappa shape index (κ3) is 3.45. The number of ether oxygens (including phenoxy) is 1. The predicted molar refractivity (Wildman–Crippen MR) is 54.6 cm³/mol. The Labute approximate surface area is 90.9 Å². The van der Waals surface area contributed by atoms with E-state index in [1.807, 2.05) is 0 Å². The molecule has 0 unspecified atom stereocenters. The minimum absolute atomic E-state index is 0.0462. The lowest BCUT2D eigenvalue weighted by Crippen LogP contribution is -1.95. The van der Waals surface area contributed by atoms with E-state index in [9.17, 15) is 14.9 Å². The molecule has 0 N–H and O–H groups in total. The van der Waals surface area contributed by atoms with Crippen LogP contribution >= 0.6 is 0 Å². The molecule has 1 amide bonds. The summed E-state index contributed by atoms with van der Waals surface area (Å²) in [6.45, 7) is 1.87. The van der Waals surface area contributed by atoms with Crippen LogP contribution in [0.5, 0.6) is 0 Å². The maximum absolute atomic E-state index is 10.8. The number of non-ortho nitro benzene ring substituents is 1. The molecule has 1 rings (SSSR count). The summed E-state index contributed by atoms with van der Waals surface area (Å²) in [5.74, 6) is 0. The van der Waals surface area contributed by atoms with Gasteiger partial charge in [0.25, 0.3) is 5.69 Å². The van der Waals surface area contributed by atoms with Crippen molar-refractivity contribution in [3.63, 3.8) is 0 Å². The monoisotopic (exact) mass is 223 g/mol. The molecule has 7 heteroatoms. The third-order valence-corrected chi connectivity index (χ3v) is 1.58. The first kappa shape index (κ1) is 11.8. The van der Waals surface area contributed by atoms with E-state index < -0.39 is 11.0 Å². The second kappa shape index (κ2) is 5.54. The van der Waals surface area contributed by atoms with Crippen molar-refractivity contribution in [3.05, 3.63) is 34.4 Å². The number of nitro benzene ring substituents is 1. The molecule has 0 aromatic heterocycles. The van der Waals surface area contributed by atoms with Crippen LogP contribution in [0.4, 0.5) is 16.2 Å². The van der Waals surface area contributed by atoms with Crippen LogP contribution in [-0.2, 0) is 4.74 Å². The lowest BCUT2D eigenvalue weighted by atomic mass is 10.3. The SMILES string of the molecule is CCOC(=O)/N=N/c1ccc([N+](=O)[O-])cc1. The van der Waals surface area contributed by atoms with Crippen molar-refractivity contribution in [3.8, 4) is 0 Å². The second-order valence-corrected chi connectivity index (χ2v) is 2.67. The van der Waals surface area contributed by atoms with Crippen LogP contribution in [0.2, 0.25) is 0 Å². The van der Waals surface area contributed by atoms with Gasteiger partial charge in [-0.2, -0.15) is 0 Å². The molecule has 0 spiro atoms. The number of hydrogen-bond acceptors (Lipinski definition) is 5. The average molecular weight is 223 g/mol. The van der Waals surface area contributed by atoms with Crippen molar-refractivity contribution >= 4 is 17.5 Å². The minimum Gasteiger partial charge on any atom is -0.447 e. The van der Waals surface area contributed by atoms with Gasteiger partial charge in [-0.25, -0.2) is 4.79 Å². The number of amides is 1. The lowest BCUT2D eigenvalue weighted by Gasteiger charge is -1.94. The molecule has 1 aromatic rings. The van der Waals surface area contributed by atoms with Crippen molar-refractivity contribution in [2.45, 2.75) is 6.92 Å². The highest BCUT2D eigenvalue weighted by atomic mass is 16.6. The van der Waals surface area contributed by atoms with E-state index in [4.69, 9.17) is 0 Å². The fourth-order valence-corrected chi connectivity index (χ4v) is 0.892. The van der Waals surface area contributed by atoms with Gasteiger partial charge in [-0.1, -0.05) is 5.11 Å². The number of hydrogen-bond donors (Lipinski definition) is 0. The lowest BCUT2D eigenvalue weighted by molar-refractivity contribution is -0.384. The van der Waals surface area contributed by atoms with Crippen LogP contribution in [-0.4, -0.2) is 17.6 Å². The number of carbonyl (C=O) groups is 1. The molecule has 0 bridgehead atoms. The first-order chi connectivity index (χ1) is 7.63. The zero-order valence-electron chi connectivity index (χ0n) is 8.49. The Balaban J connectivity index is 2.68. The molecule has 0 atom stereocenters. The molecule has 0 aliphatic rings. The molecule has 0 radical (unpaired) electrons. The Hall–Kier alpha value is -2.31. The molecule has 84 valence electrons. The standard InChI is InChI=1S/C9H9N3O4/c1-2-16-9(13)11-10-7-3-5-8(6-4-7)12(14)15/h3-6H,2H2,1H3/b11-10+. The highest BCUT2D eigenvalue weighted by Crippen LogP contribution is 2.18. The molecule has 0 saturated carbocycles. The average Bonchev–Trinajstić information content (AvgIpc) is 2.27. The third-order valence-electron chi connectivity index (χ3n) is 1.58. The van der Waals surface area contributed by atoms with Gasteiger partial charge in [-0.3, -0.25) is 10.1 Å². The quantitative estimate of drug-likeness (QED) is 0.447. The van der Waals surface area contributed by atoms with E-state index in [0.29, 0.717) is 5.69 Å². The van der Waals surface area contributed by atoms with Crippen molar-refractivity contribution in [1.82, 2.24) is 0 Å². The molecular formula is C9H9N3O4. The molecule has 1 aromatic carbocycles. The molecule has 0 saturated heterocycles. The van der Waals surface area contributed by atoms with Crippen LogP contribution in [0.15, 0.2) is 34.5 Å². The van der Waals surface area contributed by atoms with Crippen molar-refractivity contribution in [2.75, 3.05) is 6.61 Å². The van der Waals surface area contributed by atoms with Gasteiger partial charge in [0.2, 0.25) is 0 Å².